The Balaban J connectivity index is 1.79. The van der Waals surface area contributed by atoms with Gasteiger partial charge >= 0.3 is 5.69 Å². The number of hydrogen-bond acceptors (Lipinski definition) is 4. The second-order valence-electron chi connectivity index (χ2n) is 6.82. The lowest BCUT2D eigenvalue weighted by molar-refractivity contribution is 0.0605. The fourth-order valence-corrected chi connectivity index (χ4v) is 3.37. The van der Waals surface area contributed by atoms with Gasteiger partial charge in [0.2, 0.25) is 0 Å². The molecule has 1 saturated heterocycles. The van der Waals surface area contributed by atoms with Crippen molar-refractivity contribution >= 4 is 11.0 Å². The van der Waals surface area contributed by atoms with E-state index in [1.807, 2.05) is 0 Å². The van der Waals surface area contributed by atoms with Gasteiger partial charge in [-0.25, -0.2) is 4.79 Å². The van der Waals surface area contributed by atoms with Crippen LogP contribution >= 0.6 is 0 Å². The van der Waals surface area contributed by atoms with E-state index in [2.05, 4.69) is 5.10 Å². The number of hydrogen-bond donors (Lipinski definition) is 0. The van der Waals surface area contributed by atoms with Gasteiger partial charge in [0.25, 0.3) is 5.56 Å². The lowest BCUT2D eigenvalue weighted by Gasteiger charge is -2.22. The van der Waals surface area contributed by atoms with Gasteiger partial charge in [-0.3, -0.25) is 18.6 Å². The predicted octanol–water partition coefficient (Wildman–Crippen LogP) is 0.733. The van der Waals surface area contributed by atoms with E-state index < -0.39 is 0 Å². The quantitative estimate of drug-likeness (QED) is 0.833. The molecule has 2 aliphatic rings. The highest BCUT2D eigenvalue weighted by Crippen LogP contribution is 2.30. The van der Waals surface area contributed by atoms with Crippen molar-refractivity contribution in [3.8, 4) is 0 Å². The Kier molecular flexibility index (Phi) is 3.60. The van der Waals surface area contributed by atoms with E-state index in [1.54, 1.807) is 22.5 Å². The molecular formula is C16H22N4O3. The van der Waals surface area contributed by atoms with Gasteiger partial charge in [-0.1, -0.05) is 0 Å². The molecule has 0 bridgehead atoms. The number of aryl methyl sites for hydroxylation is 1. The van der Waals surface area contributed by atoms with Crippen molar-refractivity contribution in [2.24, 2.45) is 18.9 Å². The zero-order valence-electron chi connectivity index (χ0n) is 13.4. The second kappa shape index (κ2) is 5.63. The van der Waals surface area contributed by atoms with Gasteiger partial charge in [0.1, 0.15) is 0 Å². The van der Waals surface area contributed by atoms with Crippen LogP contribution in [-0.2, 0) is 24.9 Å². The molecule has 1 aliphatic carbocycles. The van der Waals surface area contributed by atoms with Crippen LogP contribution in [-0.4, -0.2) is 32.1 Å². The summed E-state index contributed by atoms with van der Waals surface area (Å²) in [6.07, 6.45) is 5.83. The van der Waals surface area contributed by atoms with Gasteiger partial charge in [-0.05, 0) is 37.5 Å². The van der Waals surface area contributed by atoms with Crippen LogP contribution in [0.2, 0.25) is 0 Å². The van der Waals surface area contributed by atoms with Gasteiger partial charge in [0.05, 0.1) is 11.7 Å². The molecule has 124 valence electrons. The Morgan fingerprint density at radius 2 is 1.83 bits per heavy atom. The molecule has 4 rings (SSSR count). The molecule has 0 unspecified atom stereocenters. The van der Waals surface area contributed by atoms with Crippen LogP contribution in [0.3, 0.4) is 0 Å². The van der Waals surface area contributed by atoms with Gasteiger partial charge in [0, 0.05) is 33.4 Å². The number of nitrogens with zero attached hydrogens (tertiary/aromatic N) is 4. The highest BCUT2D eigenvalue weighted by molar-refractivity contribution is 5.73. The minimum Gasteiger partial charge on any atom is -0.381 e. The number of rotatable bonds is 4. The Hall–Kier alpha value is -1.89. The number of fused-ring (bicyclic) bond motifs is 1. The van der Waals surface area contributed by atoms with Crippen molar-refractivity contribution in [3.05, 3.63) is 27.0 Å². The maximum absolute atomic E-state index is 12.9. The average Bonchev–Trinajstić information content (AvgIpc) is 3.28. The van der Waals surface area contributed by atoms with Crippen LogP contribution in [0.4, 0.5) is 0 Å². The average molecular weight is 318 g/mol. The molecule has 23 heavy (non-hydrogen) atoms. The summed E-state index contributed by atoms with van der Waals surface area (Å²) in [5.41, 5.74) is 0.739. The highest BCUT2D eigenvalue weighted by Gasteiger charge is 2.25. The van der Waals surface area contributed by atoms with E-state index in [0.717, 1.165) is 19.4 Å². The van der Waals surface area contributed by atoms with E-state index in [4.69, 9.17) is 4.74 Å². The summed E-state index contributed by atoms with van der Waals surface area (Å²) < 4.78 is 10.1. The number of ether oxygens (including phenoxy) is 1. The first-order chi connectivity index (χ1) is 11.1. The third kappa shape index (κ3) is 2.63. The first-order valence-corrected chi connectivity index (χ1v) is 8.38. The SMILES string of the molecule is Cn1c(=O)n(CC2CCOCC2)c(=O)c2c1cnn2CC1CC1. The molecule has 0 N–H and O–H groups in total. The fourth-order valence-electron chi connectivity index (χ4n) is 3.37. The fraction of sp³-hybridized carbons (Fsp3) is 0.688. The van der Waals surface area contributed by atoms with E-state index >= 15 is 0 Å². The summed E-state index contributed by atoms with van der Waals surface area (Å²) in [4.78, 5) is 25.5. The normalized spacial score (nSPS) is 19.5. The van der Waals surface area contributed by atoms with Crippen molar-refractivity contribution in [3.63, 3.8) is 0 Å². The Morgan fingerprint density at radius 1 is 1.13 bits per heavy atom. The molecule has 2 aromatic rings. The minimum atomic E-state index is -0.250. The monoisotopic (exact) mass is 318 g/mol. The van der Waals surface area contributed by atoms with Crippen LogP contribution in [0.5, 0.6) is 0 Å². The van der Waals surface area contributed by atoms with Gasteiger partial charge in [-0.2, -0.15) is 5.10 Å². The molecule has 1 aliphatic heterocycles. The summed E-state index contributed by atoms with van der Waals surface area (Å²) in [6, 6.07) is 0. The minimum absolute atomic E-state index is 0.201. The second-order valence-corrected chi connectivity index (χ2v) is 6.82. The summed E-state index contributed by atoms with van der Waals surface area (Å²) >= 11 is 0. The standard InChI is InChI=1S/C16H22N4O3/c1-18-13-8-17-20(10-11-2-3-11)14(13)15(21)19(16(18)22)9-12-4-6-23-7-5-12/h8,11-12H,2-7,9-10H2,1H3. The highest BCUT2D eigenvalue weighted by atomic mass is 16.5. The lowest BCUT2D eigenvalue weighted by Crippen LogP contribution is -2.41. The van der Waals surface area contributed by atoms with E-state index in [0.29, 0.717) is 42.6 Å². The molecule has 3 heterocycles. The van der Waals surface area contributed by atoms with E-state index in [-0.39, 0.29) is 11.2 Å². The van der Waals surface area contributed by atoms with Crippen molar-refractivity contribution in [1.82, 2.24) is 18.9 Å². The topological polar surface area (TPSA) is 71.1 Å². The van der Waals surface area contributed by atoms with Crippen molar-refractivity contribution in [1.29, 1.82) is 0 Å². The summed E-state index contributed by atoms with van der Waals surface area (Å²) in [5.74, 6) is 0.949. The molecular weight excluding hydrogens is 296 g/mol. The lowest BCUT2D eigenvalue weighted by atomic mass is 10.0. The summed E-state index contributed by atoms with van der Waals surface area (Å²) in [5, 5.41) is 4.35. The molecule has 2 aromatic heterocycles. The molecule has 0 radical (unpaired) electrons. The molecule has 7 nitrogen and oxygen atoms in total. The molecule has 1 saturated carbocycles. The molecule has 0 atom stereocenters. The van der Waals surface area contributed by atoms with E-state index in [1.165, 1.54) is 17.4 Å². The van der Waals surface area contributed by atoms with Gasteiger partial charge in [0.15, 0.2) is 5.52 Å². The van der Waals surface area contributed by atoms with Crippen molar-refractivity contribution < 1.29 is 4.74 Å². The largest absolute Gasteiger partial charge is 0.381 e. The van der Waals surface area contributed by atoms with Crippen LogP contribution in [0.25, 0.3) is 11.0 Å². The Morgan fingerprint density at radius 3 is 2.52 bits per heavy atom. The maximum atomic E-state index is 12.9. The third-order valence-corrected chi connectivity index (χ3v) is 5.06. The molecule has 0 amide bonds. The Labute approximate surface area is 133 Å². The van der Waals surface area contributed by atoms with Crippen LogP contribution < -0.4 is 11.2 Å². The van der Waals surface area contributed by atoms with E-state index in [9.17, 15) is 9.59 Å². The number of aromatic nitrogens is 4. The molecule has 7 heteroatoms. The molecule has 0 aromatic carbocycles. The van der Waals surface area contributed by atoms with Gasteiger partial charge < -0.3 is 4.74 Å². The molecule has 0 spiro atoms. The first kappa shape index (κ1) is 14.7. The maximum Gasteiger partial charge on any atom is 0.331 e. The smallest absolute Gasteiger partial charge is 0.331 e. The summed E-state index contributed by atoms with van der Waals surface area (Å²) in [7, 11) is 1.72. The van der Waals surface area contributed by atoms with Gasteiger partial charge in [-0.15, -0.1) is 0 Å². The van der Waals surface area contributed by atoms with Crippen molar-refractivity contribution in [2.75, 3.05) is 13.2 Å². The molecule has 2 fully saturated rings. The first-order valence-electron chi connectivity index (χ1n) is 8.38. The van der Waals surface area contributed by atoms with Crippen LogP contribution in [0.1, 0.15) is 25.7 Å². The van der Waals surface area contributed by atoms with Crippen molar-refractivity contribution in [2.45, 2.75) is 38.8 Å². The third-order valence-electron chi connectivity index (χ3n) is 5.06. The van der Waals surface area contributed by atoms with Crippen LogP contribution in [0.15, 0.2) is 15.8 Å². The summed E-state index contributed by atoms with van der Waals surface area (Å²) in [6.45, 7) is 2.66. The van der Waals surface area contributed by atoms with Crippen LogP contribution in [0, 0.1) is 11.8 Å². The Bertz CT molecular complexity index is 837. The zero-order chi connectivity index (χ0) is 16.0. The predicted molar refractivity (Wildman–Crippen MR) is 85.5 cm³/mol. The zero-order valence-corrected chi connectivity index (χ0v) is 13.4.